The lowest BCUT2D eigenvalue weighted by Crippen LogP contribution is -2.54. The molecule has 6 atom stereocenters. The van der Waals surface area contributed by atoms with Crippen molar-refractivity contribution in [3.05, 3.63) is 53.8 Å². The van der Waals surface area contributed by atoms with Crippen LogP contribution in [0.5, 0.6) is 0 Å². The van der Waals surface area contributed by atoms with Gasteiger partial charge in [0.1, 0.15) is 11.9 Å². The zero-order valence-electron chi connectivity index (χ0n) is 19.1. The number of nitrogens with one attached hydrogen (secondary N) is 3. The third-order valence-electron chi connectivity index (χ3n) is 7.26. The molecule has 1 saturated heterocycles. The molecule has 7 heteroatoms. The Kier molecular flexibility index (Phi) is 6.48. The van der Waals surface area contributed by atoms with Gasteiger partial charge < -0.3 is 16.0 Å². The van der Waals surface area contributed by atoms with Crippen LogP contribution in [-0.4, -0.2) is 29.9 Å². The van der Waals surface area contributed by atoms with Crippen LogP contribution in [0, 0.1) is 34.9 Å². The monoisotopic (exact) mass is 448 g/mol. The number of hydrogen-bond acceptors (Lipinski definition) is 4. The second-order valence-electron chi connectivity index (χ2n) is 9.33. The van der Waals surface area contributed by atoms with Gasteiger partial charge in [-0.25, -0.2) is 4.39 Å². The molecule has 1 heterocycles. The van der Waals surface area contributed by atoms with E-state index < -0.39 is 11.9 Å². The number of piperidine rings is 1. The topological polar surface area (TPSA) is 94.0 Å². The summed E-state index contributed by atoms with van der Waals surface area (Å²) < 4.78 is 14.8. The van der Waals surface area contributed by atoms with Crippen molar-refractivity contribution >= 4 is 17.5 Å². The third-order valence-corrected chi connectivity index (χ3v) is 7.26. The molecule has 6 nitrogen and oxygen atoms in total. The van der Waals surface area contributed by atoms with Crippen molar-refractivity contribution in [1.29, 1.82) is 5.26 Å². The van der Waals surface area contributed by atoms with E-state index in [1.54, 1.807) is 24.3 Å². The van der Waals surface area contributed by atoms with Crippen molar-refractivity contribution in [2.75, 3.05) is 5.32 Å². The van der Waals surface area contributed by atoms with E-state index in [4.69, 9.17) is 0 Å². The normalized spacial score (nSPS) is 26.5. The van der Waals surface area contributed by atoms with Gasteiger partial charge in [0.05, 0.1) is 12.1 Å². The maximum absolute atomic E-state index is 14.8. The van der Waals surface area contributed by atoms with Crippen LogP contribution in [0.15, 0.2) is 42.5 Å². The molecule has 0 spiro atoms. The van der Waals surface area contributed by atoms with Gasteiger partial charge in [0.15, 0.2) is 0 Å². The molecule has 1 saturated carbocycles. The fourth-order valence-corrected chi connectivity index (χ4v) is 5.21. The lowest BCUT2D eigenvalue weighted by molar-refractivity contribution is -0.125. The molecular formula is C26H29FN4O2. The standard InChI is InChI=1S/C26H29FN4O2/c1-14-15(2)24-12-22(14)25(31-24)26(33)30-21(13-28)10-19-5-4-18(11-23(19)27)17-6-8-20(9-7-17)29-16(3)32/h4-9,11,14-15,21-22,24-25,31H,10,12H2,1-3H3,(H,29,32)(H,30,33)/t14-,15+,21+,22+,24+,25+/m1/s1. The lowest BCUT2D eigenvalue weighted by Gasteiger charge is -2.32. The molecular weight excluding hydrogens is 419 g/mol. The van der Waals surface area contributed by atoms with Crippen molar-refractivity contribution in [3.8, 4) is 17.2 Å². The third kappa shape index (κ3) is 4.76. The van der Waals surface area contributed by atoms with Crippen molar-refractivity contribution in [2.45, 2.75) is 51.7 Å². The lowest BCUT2D eigenvalue weighted by atomic mass is 9.84. The van der Waals surface area contributed by atoms with Crippen LogP contribution in [0.4, 0.5) is 10.1 Å². The molecule has 33 heavy (non-hydrogen) atoms. The predicted molar refractivity (Wildman–Crippen MR) is 125 cm³/mol. The minimum absolute atomic E-state index is 0.0998. The Morgan fingerprint density at radius 1 is 1.15 bits per heavy atom. The number of fused-ring (bicyclic) bond motifs is 2. The van der Waals surface area contributed by atoms with E-state index in [9.17, 15) is 19.2 Å². The van der Waals surface area contributed by atoms with Gasteiger partial charge in [0, 0.05) is 25.1 Å². The fourth-order valence-electron chi connectivity index (χ4n) is 5.21. The summed E-state index contributed by atoms with van der Waals surface area (Å²) in [7, 11) is 0. The van der Waals surface area contributed by atoms with Crippen LogP contribution in [0.3, 0.4) is 0 Å². The summed E-state index contributed by atoms with van der Waals surface area (Å²) in [5.41, 5.74) is 2.55. The van der Waals surface area contributed by atoms with Crippen LogP contribution >= 0.6 is 0 Å². The minimum atomic E-state index is -0.802. The van der Waals surface area contributed by atoms with E-state index in [-0.39, 0.29) is 30.2 Å². The first-order chi connectivity index (χ1) is 15.8. The largest absolute Gasteiger partial charge is 0.339 e. The molecule has 2 aromatic rings. The highest BCUT2D eigenvalue weighted by atomic mass is 19.1. The van der Waals surface area contributed by atoms with Gasteiger partial charge >= 0.3 is 0 Å². The first-order valence-electron chi connectivity index (χ1n) is 11.4. The highest BCUT2D eigenvalue weighted by Crippen LogP contribution is 2.44. The Hall–Kier alpha value is -3.24. The number of halogens is 1. The molecule has 0 unspecified atom stereocenters. The van der Waals surface area contributed by atoms with Gasteiger partial charge in [0.25, 0.3) is 0 Å². The average Bonchev–Trinajstić information content (AvgIpc) is 3.34. The number of nitrogens with zero attached hydrogens (tertiary/aromatic N) is 1. The first kappa shape index (κ1) is 22.9. The van der Waals surface area contributed by atoms with Crippen LogP contribution in [0.2, 0.25) is 0 Å². The fraction of sp³-hybridized carbons (Fsp3) is 0.423. The van der Waals surface area contributed by atoms with E-state index in [0.717, 1.165) is 12.0 Å². The van der Waals surface area contributed by atoms with Gasteiger partial charge in [-0.2, -0.15) is 5.26 Å². The van der Waals surface area contributed by atoms with Gasteiger partial charge in [-0.05, 0) is 59.1 Å². The van der Waals surface area contributed by atoms with Crippen LogP contribution in [0.25, 0.3) is 11.1 Å². The Morgan fingerprint density at radius 2 is 1.85 bits per heavy atom. The van der Waals surface area contributed by atoms with Gasteiger partial charge in [-0.15, -0.1) is 0 Å². The molecule has 2 aliphatic rings. The van der Waals surface area contributed by atoms with Crippen molar-refractivity contribution < 1.29 is 14.0 Å². The Bertz CT molecular complexity index is 1090. The van der Waals surface area contributed by atoms with Crippen LogP contribution in [0.1, 0.15) is 32.8 Å². The van der Waals surface area contributed by atoms with Crippen LogP contribution < -0.4 is 16.0 Å². The molecule has 2 fully saturated rings. The van der Waals surface area contributed by atoms with E-state index in [0.29, 0.717) is 34.7 Å². The number of carbonyl (C=O) groups is 2. The summed E-state index contributed by atoms with van der Waals surface area (Å²) in [6, 6.07) is 13.4. The quantitative estimate of drug-likeness (QED) is 0.629. The van der Waals surface area contributed by atoms with Crippen LogP contribution in [-0.2, 0) is 16.0 Å². The number of carbonyl (C=O) groups excluding carboxylic acids is 2. The summed E-state index contributed by atoms with van der Waals surface area (Å²) in [5, 5.41) is 18.5. The number of benzene rings is 2. The number of amides is 2. The predicted octanol–water partition coefficient (Wildman–Crippen LogP) is 3.63. The Labute approximate surface area is 193 Å². The SMILES string of the molecule is CC(=O)Nc1ccc(-c2ccc(C[C@@H](C#N)NC(=O)[C@H]3N[C@H]4C[C@H]3[C@H](C)[C@@H]4C)c(F)c2)cc1. The van der Waals surface area contributed by atoms with E-state index in [1.807, 2.05) is 12.1 Å². The highest BCUT2D eigenvalue weighted by Gasteiger charge is 2.51. The zero-order valence-corrected chi connectivity index (χ0v) is 19.1. The molecule has 1 aliphatic carbocycles. The number of nitriles is 1. The second kappa shape index (κ2) is 9.32. The molecule has 172 valence electrons. The first-order valence-corrected chi connectivity index (χ1v) is 11.4. The molecule has 4 rings (SSSR count). The molecule has 1 aliphatic heterocycles. The van der Waals surface area contributed by atoms with E-state index in [2.05, 4.69) is 35.9 Å². The maximum atomic E-state index is 14.8. The van der Waals surface area contributed by atoms with Gasteiger partial charge in [0.2, 0.25) is 11.8 Å². The molecule has 2 amide bonds. The van der Waals surface area contributed by atoms with Crippen molar-refractivity contribution in [3.63, 3.8) is 0 Å². The molecule has 0 radical (unpaired) electrons. The summed E-state index contributed by atoms with van der Waals surface area (Å²) in [5.74, 6) is 0.525. The number of rotatable bonds is 6. The summed E-state index contributed by atoms with van der Waals surface area (Å²) in [6.45, 7) is 5.83. The Balaban J connectivity index is 1.40. The van der Waals surface area contributed by atoms with E-state index >= 15 is 0 Å². The van der Waals surface area contributed by atoms with Gasteiger partial charge in [-0.3, -0.25) is 9.59 Å². The molecule has 2 aromatic carbocycles. The zero-order chi connectivity index (χ0) is 23.7. The summed E-state index contributed by atoms with van der Waals surface area (Å²) in [6.07, 6.45) is 1.09. The molecule has 2 bridgehead atoms. The molecule has 3 N–H and O–H groups in total. The van der Waals surface area contributed by atoms with Crippen molar-refractivity contribution in [1.82, 2.24) is 10.6 Å². The minimum Gasteiger partial charge on any atom is -0.339 e. The van der Waals surface area contributed by atoms with Crippen molar-refractivity contribution in [2.24, 2.45) is 17.8 Å². The summed E-state index contributed by atoms with van der Waals surface area (Å²) in [4.78, 5) is 24.0. The highest BCUT2D eigenvalue weighted by molar-refractivity contribution is 5.89. The molecule has 0 aromatic heterocycles. The number of anilines is 1. The number of hydrogen-bond donors (Lipinski definition) is 3. The average molecular weight is 449 g/mol. The second-order valence-corrected chi connectivity index (χ2v) is 9.33. The smallest absolute Gasteiger partial charge is 0.238 e. The summed E-state index contributed by atoms with van der Waals surface area (Å²) >= 11 is 0. The maximum Gasteiger partial charge on any atom is 0.238 e. The Morgan fingerprint density at radius 3 is 2.42 bits per heavy atom. The van der Waals surface area contributed by atoms with E-state index in [1.165, 1.54) is 13.0 Å². The van der Waals surface area contributed by atoms with Gasteiger partial charge in [-0.1, -0.05) is 38.1 Å².